The molecular formula is C26H27F3N2O7. The molecule has 0 aromatic heterocycles. The Bertz CT molecular complexity index is 1240. The van der Waals surface area contributed by atoms with E-state index in [1.54, 1.807) is 35.6 Å². The molecule has 1 heterocycles. The molecule has 3 rings (SSSR count). The lowest BCUT2D eigenvalue weighted by molar-refractivity contribution is -0.192. The molecule has 0 saturated carbocycles. The molecule has 0 fully saturated rings. The molecule has 12 heteroatoms. The van der Waals surface area contributed by atoms with Crippen LogP contribution in [0.4, 0.5) is 13.2 Å². The first-order valence-corrected chi connectivity index (χ1v) is 11.3. The average Bonchev–Trinajstić information content (AvgIpc) is 3.12. The lowest BCUT2D eigenvalue weighted by atomic mass is 9.88. The summed E-state index contributed by atoms with van der Waals surface area (Å²) in [7, 11) is 4.74. The highest BCUT2D eigenvalue weighted by Gasteiger charge is 2.70. The molecule has 0 unspecified atom stereocenters. The molecule has 2 amide bonds. The van der Waals surface area contributed by atoms with Crippen molar-refractivity contribution in [2.45, 2.75) is 25.1 Å². The Balaban J connectivity index is 2.11. The standard InChI is InChI=1S/C26H27F3N2O7/c1-15-20(23(33)38-5)25(26(27,28)29,24(34)31(15)12-11-16-9-7-6-8-10-16)30-22(32)17-13-18(35-2)21(37-4)19(14-17)36-3/h6-10,13-14H,11-12H2,1-5H3,(H,30,32)/t25-/m0/s1. The zero-order valence-corrected chi connectivity index (χ0v) is 21.4. The molecule has 0 bridgehead atoms. The van der Waals surface area contributed by atoms with Crippen LogP contribution in [0.2, 0.25) is 0 Å². The predicted octanol–water partition coefficient (Wildman–Crippen LogP) is 3.28. The maximum atomic E-state index is 14.8. The van der Waals surface area contributed by atoms with Gasteiger partial charge in [0, 0.05) is 17.8 Å². The molecule has 0 aliphatic carbocycles. The topological polar surface area (TPSA) is 103 Å². The van der Waals surface area contributed by atoms with Gasteiger partial charge in [0.2, 0.25) is 5.75 Å². The highest BCUT2D eigenvalue weighted by Crippen LogP contribution is 2.46. The summed E-state index contributed by atoms with van der Waals surface area (Å²) in [6.07, 6.45) is -5.21. The molecule has 1 atom stereocenters. The number of halogens is 3. The van der Waals surface area contributed by atoms with E-state index in [4.69, 9.17) is 14.2 Å². The number of ether oxygens (including phenoxy) is 4. The molecule has 204 valence electrons. The zero-order chi connectivity index (χ0) is 28.3. The van der Waals surface area contributed by atoms with E-state index in [9.17, 15) is 27.6 Å². The summed E-state index contributed by atoms with van der Waals surface area (Å²) in [5, 5.41) is 1.80. The summed E-state index contributed by atoms with van der Waals surface area (Å²) in [5.41, 5.74) is -4.57. The molecule has 0 saturated heterocycles. The number of allylic oxidation sites excluding steroid dienone is 1. The van der Waals surface area contributed by atoms with Crippen molar-refractivity contribution in [3.05, 3.63) is 64.9 Å². The van der Waals surface area contributed by atoms with Crippen molar-refractivity contribution in [2.75, 3.05) is 35.0 Å². The van der Waals surface area contributed by atoms with Gasteiger partial charge in [0.05, 0.1) is 28.4 Å². The van der Waals surface area contributed by atoms with Gasteiger partial charge in [-0.25, -0.2) is 4.79 Å². The van der Waals surface area contributed by atoms with Gasteiger partial charge in [-0.3, -0.25) is 9.59 Å². The molecule has 1 aliphatic rings. The maximum absolute atomic E-state index is 14.8. The van der Waals surface area contributed by atoms with E-state index in [2.05, 4.69) is 4.74 Å². The zero-order valence-electron chi connectivity index (χ0n) is 21.4. The number of hydrogen-bond acceptors (Lipinski definition) is 7. The largest absolute Gasteiger partial charge is 0.493 e. The van der Waals surface area contributed by atoms with Crippen molar-refractivity contribution in [2.24, 2.45) is 0 Å². The fourth-order valence-corrected chi connectivity index (χ4v) is 4.33. The smallest absolute Gasteiger partial charge is 0.425 e. The van der Waals surface area contributed by atoms with Crippen LogP contribution < -0.4 is 19.5 Å². The Morgan fingerprint density at radius 1 is 0.974 bits per heavy atom. The second-order valence-corrected chi connectivity index (χ2v) is 8.26. The third-order valence-corrected chi connectivity index (χ3v) is 6.22. The molecule has 1 N–H and O–H groups in total. The fourth-order valence-electron chi connectivity index (χ4n) is 4.33. The van der Waals surface area contributed by atoms with Gasteiger partial charge in [-0.15, -0.1) is 0 Å². The van der Waals surface area contributed by atoms with E-state index in [0.717, 1.165) is 29.7 Å². The Hall–Kier alpha value is -4.22. The number of carbonyl (C=O) groups excluding carboxylic acids is 3. The molecule has 9 nitrogen and oxygen atoms in total. The van der Waals surface area contributed by atoms with Crippen molar-refractivity contribution in [1.82, 2.24) is 10.2 Å². The van der Waals surface area contributed by atoms with Crippen LogP contribution in [0.15, 0.2) is 53.7 Å². The monoisotopic (exact) mass is 536 g/mol. The number of rotatable bonds is 9. The average molecular weight is 537 g/mol. The van der Waals surface area contributed by atoms with Crippen molar-refractivity contribution < 1.29 is 46.5 Å². The predicted molar refractivity (Wildman–Crippen MR) is 129 cm³/mol. The van der Waals surface area contributed by atoms with Gasteiger partial charge in [-0.05, 0) is 31.0 Å². The minimum absolute atomic E-state index is 0.000193. The van der Waals surface area contributed by atoms with Crippen molar-refractivity contribution in [3.63, 3.8) is 0 Å². The van der Waals surface area contributed by atoms with Gasteiger partial charge in [-0.2, -0.15) is 13.2 Å². The molecule has 0 radical (unpaired) electrons. The van der Waals surface area contributed by atoms with Crippen LogP contribution >= 0.6 is 0 Å². The minimum atomic E-state index is -5.41. The third kappa shape index (κ3) is 4.85. The van der Waals surface area contributed by atoms with Gasteiger partial charge in [0.25, 0.3) is 17.4 Å². The van der Waals surface area contributed by atoms with E-state index in [-0.39, 0.29) is 41.5 Å². The Labute approximate surface area is 217 Å². The van der Waals surface area contributed by atoms with Crippen molar-refractivity contribution in [3.8, 4) is 17.2 Å². The van der Waals surface area contributed by atoms with Crippen molar-refractivity contribution >= 4 is 17.8 Å². The van der Waals surface area contributed by atoms with E-state index in [0.29, 0.717) is 0 Å². The lowest BCUT2D eigenvalue weighted by Gasteiger charge is -2.33. The van der Waals surface area contributed by atoms with Gasteiger partial charge < -0.3 is 29.2 Å². The first-order valence-electron chi connectivity index (χ1n) is 11.3. The summed E-state index contributed by atoms with van der Waals surface area (Å²) in [5.74, 6) is -4.14. The number of amides is 2. The second kappa shape index (κ2) is 11.0. The van der Waals surface area contributed by atoms with Crippen LogP contribution in [0.25, 0.3) is 0 Å². The molecule has 1 aliphatic heterocycles. The van der Waals surface area contributed by atoms with Crippen LogP contribution in [0, 0.1) is 0 Å². The van der Waals surface area contributed by atoms with Crippen LogP contribution in [-0.2, 0) is 20.7 Å². The van der Waals surface area contributed by atoms with Gasteiger partial charge in [-0.1, -0.05) is 30.3 Å². The van der Waals surface area contributed by atoms with E-state index < -0.39 is 35.1 Å². The quantitative estimate of drug-likeness (QED) is 0.491. The number of benzene rings is 2. The number of esters is 1. The number of carbonyl (C=O) groups is 3. The highest BCUT2D eigenvalue weighted by atomic mass is 19.4. The van der Waals surface area contributed by atoms with E-state index in [1.807, 2.05) is 0 Å². The molecule has 38 heavy (non-hydrogen) atoms. The first kappa shape index (κ1) is 28.4. The Kier molecular flexibility index (Phi) is 8.23. The molecule has 2 aromatic carbocycles. The number of alkyl halides is 3. The number of methoxy groups -OCH3 is 4. The summed E-state index contributed by atoms with van der Waals surface area (Å²) < 4.78 is 64.7. The molecule has 2 aromatic rings. The summed E-state index contributed by atoms with van der Waals surface area (Å²) in [6, 6.07) is 11.0. The fraction of sp³-hybridized carbons (Fsp3) is 0.346. The van der Waals surface area contributed by atoms with Gasteiger partial charge in [0.15, 0.2) is 11.5 Å². The number of nitrogens with zero attached hydrogens (tertiary/aromatic N) is 1. The van der Waals surface area contributed by atoms with Crippen molar-refractivity contribution in [1.29, 1.82) is 0 Å². The first-order chi connectivity index (χ1) is 18.0. The maximum Gasteiger partial charge on any atom is 0.425 e. The van der Waals surface area contributed by atoms with Gasteiger partial charge in [0.1, 0.15) is 5.57 Å². The summed E-state index contributed by atoms with van der Waals surface area (Å²) >= 11 is 0. The summed E-state index contributed by atoms with van der Waals surface area (Å²) in [6.45, 7) is 1.03. The number of nitrogens with one attached hydrogen (secondary N) is 1. The van der Waals surface area contributed by atoms with Crippen LogP contribution in [0.1, 0.15) is 22.8 Å². The molecule has 0 spiro atoms. The SMILES string of the molecule is COC(=O)C1=C(C)N(CCc2ccccc2)C(=O)[C@]1(NC(=O)c1cc(OC)c(OC)c(OC)c1)C(F)(F)F. The number of hydrogen-bond donors (Lipinski definition) is 1. The highest BCUT2D eigenvalue weighted by molar-refractivity contribution is 6.12. The lowest BCUT2D eigenvalue weighted by Crippen LogP contribution is -2.66. The molecular weight excluding hydrogens is 509 g/mol. The van der Waals surface area contributed by atoms with Crippen LogP contribution in [0.5, 0.6) is 17.2 Å². The van der Waals surface area contributed by atoms with E-state index >= 15 is 0 Å². The van der Waals surface area contributed by atoms with Gasteiger partial charge >= 0.3 is 12.1 Å². The van der Waals surface area contributed by atoms with Crippen LogP contribution in [0.3, 0.4) is 0 Å². The third-order valence-electron chi connectivity index (χ3n) is 6.22. The Morgan fingerprint density at radius 2 is 1.55 bits per heavy atom. The van der Waals surface area contributed by atoms with E-state index in [1.165, 1.54) is 28.3 Å². The minimum Gasteiger partial charge on any atom is -0.493 e. The second-order valence-electron chi connectivity index (χ2n) is 8.26. The summed E-state index contributed by atoms with van der Waals surface area (Å²) in [4.78, 5) is 40.3. The van der Waals surface area contributed by atoms with Crippen LogP contribution in [-0.4, -0.2) is 69.4 Å². The normalized spacial score (nSPS) is 17.4. The Morgan fingerprint density at radius 3 is 2.03 bits per heavy atom.